The Morgan fingerprint density at radius 3 is 2.11 bits per heavy atom. The highest BCUT2D eigenvalue weighted by Gasteiger charge is 2.19. The summed E-state index contributed by atoms with van der Waals surface area (Å²) in [5.41, 5.74) is 10.7. The summed E-state index contributed by atoms with van der Waals surface area (Å²) >= 11 is 0. The molecule has 9 aromatic rings. The minimum atomic E-state index is 0.541. The predicted molar refractivity (Wildman–Crippen MR) is 179 cm³/mol. The molecule has 0 unspecified atom stereocenters. The van der Waals surface area contributed by atoms with Crippen molar-refractivity contribution in [2.75, 3.05) is 0 Å². The van der Waals surface area contributed by atoms with Gasteiger partial charge in [0.2, 0.25) is 5.71 Å². The first-order valence-corrected chi connectivity index (χ1v) is 14.7. The molecular formula is C39H23N5O. The standard InChI is InChI=1S/C39H23N5O/c1-2-7-24(8-3-1)25-13-15-27(16-14-25)34-37-36(32-12-6-21-42-39(32)45-37)44-38(43-34)29-10-4-9-28(23-29)30-19-22-41-35-31(30)18-17-26-11-5-20-40-33(26)35/h1-23H. The molecule has 0 N–H and O–H groups in total. The Hall–Kier alpha value is -6.27. The average Bonchev–Trinajstić information content (AvgIpc) is 3.50. The number of pyridine rings is 3. The van der Waals surface area contributed by atoms with Gasteiger partial charge in [0.1, 0.15) is 11.2 Å². The van der Waals surface area contributed by atoms with Crippen LogP contribution >= 0.6 is 0 Å². The number of benzene rings is 4. The molecule has 0 aliphatic rings. The van der Waals surface area contributed by atoms with Crippen LogP contribution in [0.2, 0.25) is 0 Å². The summed E-state index contributed by atoms with van der Waals surface area (Å²) in [6.45, 7) is 0. The maximum absolute atomic E-state index is 6.27. The Labute approximate surface area is 257 Å². The van der Waals surface area contributed by atoms with Crippen molar-refractivity contribution in [2.45, 2.75) is 0 Å². The van der Waals surface area contributed by atoms with E-state index in [1.54, 1.807) is 6.20 Å². The zero-order valence-corrected chi connectivity index (χ0v) is 23.9. The number of rotatable bonds is 4. The van der Waals surface area contributed by atoms with Gasteiger partial charge in [0.15, 0.2) is 11.4 Å². The van der Waals surface area contributed by atoms with Crippen LogP contribution in [0.4, 0.5) is 0 Å². The molecule has 210 valence electrons. The van der Waals surface area contributed by atoms with E-state index in [9.17, 15) is 0 Å². The summed E-state index contributed by atoms with van der Waals surface area (Å²) in [4.78, 5) is 24.0. The molecule has 0 saturated heterocycles. The van der Waals surface area contributed by atoms with Crippen LogP contribution in [0, 0.1) is 0 Å². The molecule has 0 aliphatic heterocycles. The van der Waals surface area contributed by atoms with Crippen molar-refractivity contribution < 1.29 is 4.42 Å². The van der Waals surface area contributed by atoms with Gasteiger partial charge in [0.25, 0.3) is 0 Å². The fraction of sp³-hybridized carbons (Fsp3) is 0. The van der Waals surface area contributed by atoms with E-state index in [1.165, 1.54) is 0 Å². The van der Waals surface area contributed by atoms with E-state index in [2.05, 4.69) is 82.8 Å². The number of fused-ring (bicyclic) bond motifs is 6. The third-order valence-electron chi connectivity index (χ3n) is 8.27. The average molecular weight is 578 g/mol. The first kappa shape index (κ1) is 25.2. The molecular weight excluding hydrogens is 554 g/mol. The fourth-order valence-electron chi connectivity index (χ4n) is 6.09. The molecule has 0 atom stereocenters. The van der Waals surface area contributed by atoms with E-state index in [4.69, 9.17) is 19.4 Å². The summed E-state index contributed by atoms with van der Waals surface area (Å²) in [5, 5.41) is 2.97. The van der Waals surface area contributed by atoms with E-state index in [-0.39, 0.29) is 0 Å². The van der Waals surface area contributed by atoms with Crippen LogP contribution in [-0.4, -0.2) is 24.9 Å². The van der Waals surface area contributed by atoms with Crippen LogP contribution in [0.1, 0.15) is 0 Å². The van der Waals surface area contributed by atoms with E-state index < -0.39 is 0 Å². The van der Waals surface area contributed by atoms with Gasteiger partial charge in [-0.25, -0.2) is 15.0 Å². The number of nitrogens with zero attached hydrogens (tertiary/aromatic N) is 5. The van der Waals surface area contributed by atoms with Gasteiger partial charge in [0.05, 0.1) is 16.4 Å². The summed E-state index contributed by atoms with van der Waals surface area (Å²) in [6, 6.07) is 41.3. The minimum Gasteiger partial charge on any atom is -0.434 e. The highest BCUT2D eigenvalue weighted by Crippen LogP contribution is 2.37. The Balaban J connectivity index is 1.22. The van der Waals surface area contributed by atoms with E-state index in [0.29, 0.717) is 17.1 Å². The van der Waals surface area contributed by atoms with Crippen molar-refractivity contribution in [1.29, 1.82) is 0 Å². The van der Waals surface area contributed by atoms with Crippen molar-refractivity contribution in [3.8, 4) is 44.9 Å². The summed E-state index contributed by atoms with van der Waals surface area (Å²) in [5.74, 6) is 0.614. The molecule has 6 heteroatoms. The summed E-state index contributed by atoms with van der Waals surface area (Å²) in [6.07, 6.45) is 5.39. The summed E-state index contributed by atoms with van der Waals surface area (Å²) < 4.78 is 6.27. The van der Waals surface area contributed by atoms with E-state index in [0.717, 1.165) is 71.8 Å². The van der Waals surface area contributed by atoms with Crippen LogP contribution in [0.5, 0.6) is 0 Å². The number of furan rings is 1. The molecule has 4 aromatic carbocycles. The van der Waals surface area contributed by atoms with Gasteiger partial charge in [-0.1, -0.05) is 91.0 Å². The van der Waals surface area contributed by atoms with Crippen LogP contribution < -0.4 is 0 Å². The van der Waals surface area contributed by atoms with E-state index in [1.807, 2.05) is 60.9 Å². The smallest absolute Gasteiger partial charge is 0.229 e. The molecule has 0 amide bonds. The molecule has 5 heterocycles. The molecule has 0 aliphatic carbocycles. The highest BCUT2D eigenvalue weighted by molar-refractivity contribution is 6.08. The first-order valence-electron chi connectivity index (χ1n) is 14.7. The SMILES string of the molecule is c1ccc(-c2ccc(-c3nc(-c4cccc(-c5ccnc6c5ccc5cccnc56)c4)nc4c3oc3ncccc34)cc2)cc1. The third-order valence-corrected chi connectivity index (χ3v) is 8.27. The second-order valence-electron chi connectivity index (χ2n) is 11.0. The van der Waals surface area contributed by atoms with Gasteiger partial charge >= 0.3 is 0 Å². The normalized spacial score (nSPS) is 11.6. The van der Waals surface area contributed by atoms with Gasteiger partial charge < -0.3 is 4.42 Å². The van der Waals surface area contributed by atoms with Crippen molar-refractivity contribution in [2.24, 2.45) is 0 Å². The van der Waals surface area contributed by atoms with Gasteiger partial charge in [0, 0.05) is 40.5 Å². The van der Waals surface area contributed by atoms with Crippen LogP contribution in [0.15, 0.2) is 144 Å². The number of hydrogen-bond acceptors (Lipinski definition) is 6. The fourth-order valence-corrected chi connectivity index (χ4v) is 6.09. The molecule has 9 rings (SSSR count). The summed E-state index contributed by atoms with van der Waals surface area (Å²) in [7, 11) is 0. The lowest BCUT2D eigenvalue weighted by Crippen LogP contribution is -1.94. The molecule has 6 nitrogen and oxygen atoms in total. The molecule has 0 bridgehead atoms. The zero-order valence-electron chi connectivity index (χ0n) is 23.9. The second kappa shape index (κ2) is 10.2. The zero-order chi connectivity index (χ0) is 29.7. The number of hydrogen-bond donors (Lipinski definition) is 0. The number of aromatic nitrogens is 5. The van der Waals surface area contributed by atoms with Gasteiger partial charge in [-0.05, 0) is 52.6 Å². The van der Waals surface area contributed by atoms with Crippen molar-refractivity contribution >= 4 is 44.0 Å². The quantitative estimate of drug-likeness (QED) is 0.194. The topological polar surface area (TPSA) is 77.6 Å². The maximum atomic E-state index is 6.27. The lowest BCUT2D eigenvalue weighted by Gasteiger charge is -2.11. The van der Waals surface area contributed by atoms with Crippen LogP contribution in [-0.2, 0) is 0 Å². The second-order valence-corrected chi connectivity index (χ2v) is 11.0. The monoisotopic (exact) mass is 577 g/mol. The molecule has 0 spiro atoms. The molecule has 5 aromatic heterocycles. The van der Waals surface area contributed by atoms with Crippen molar-refractivity contribution in [1.82, 2.24) is 24.9 Å². The van der Waals surface area contributed by atoms with Gasteiger partial charge in [-0.15, -0.1) is 0 Å². The maximum Gasteiger partial charge on any atom is 0.229 e. The minimum absolute atomic E-state index is 0.541. The highest BCUT2D eigenvalue weighted by atomic mass is 16.3. The Kier molecular flexibility index (Phi) is 5.71. The predicted octanol–water partition coefficient (Wildman–Crippen LogP) is 9.54. The van der Waals surface area contributed by atoms with Crippen LogP contribution in [0.25, 0.3) is 88.9 Å². The Bertz CT molecular complexity index is 2540. The molecule has 0 fully saturated rings. The Morgan fingerprint density at radius 2 is 1.20 bits per heavy atom. The van der Waals surface area contributed by atoms with E-state index >= 15 is 0 Å². The van der Waals surface area contributed by atoms with Crippen molar-refractivity contribution in [3.63, 3.8) is 0 Å². The molecule has 0 radical (unpaired) electrons. The lowest BCUT2D eigenvalue weighted by atomic mass is 9.98. The molecule has 0 saturated carbocycles. The van der Waals surface area contributed by atoms with Crippen LogP contribution in [0.3, 0.4) is 0 Å². The Morgan fingerprint density at radius 1 is 0.444 bits per heavy atom. The molecule has 45 heavy (non-hydrogen) atoms. The van der Waals surface area contributed by atoms with Gasteiger partial charge in [-0.3, -0.25) is 9.97 Å². The third kappa shape index (κ3) is 4.23. The lowest BCUT2D eigenvalue weighted by molar-refractivity contribution is 0.652. The van der Waals surface area contributed by atoms with Gasteiger partial charge in [-0.2, -0.15) is 0 Å². The van der Waals surface area contributed by atoms with Crippen molar-refractivity contribution in [3.05, 3.63) is 140 Å². The largest absolute Gasteiger partial charge is 0.434 e. The first-order chi connectivity index (χ1) is 22.3.